The number of rotatable bonds is 4. The largest absolute Gasteiger partial charge is 0.460 e. The summed E-state index contributed by atoms with van der Waals surface area (Å²) in [6.07, 6.45) is -0.206. The SMILES string of the molecule is CC(C)OC(=O)COC(=O)c1ccccc1. The van der Waals surface area contributed by atoms with Crippen LogP contribution in [0.25, 0.3) is 0 Å². The molecule has 0 aliphatic heterocycles. The third-order valence-corrected chi connectivity index (χ3v) is 1.70. The lowest BCUT2D eigenvalue weighted by Gasteiger charge is -2.08. The molecule has 16 heavy (non-hydrogen) atoms. The molecule has 0 saturated heterocycles. The van der Waals surface area contributed by atoms with Crippen LogP contribution in [0.1, 0.15) is 24.2 Å². The van der Waals surface area contributed by atoms with Crippen molar-refractivity contribution in [1.82, 2.24) is 0 Å². The lowest BCUT2D eigenvalue weighted by molar-refractivity contribution is -0.150. The minimum Gasteiger partial charge on any atom is -0.460 e. The number of carbonyl (C=O) groups is 2. The molecule has 0 spiro atoms. The average molecular weight is 222 g/mol. The third-order valence-electron chi connectivity index (χ3n) is 1.70. The molecule has 0 N–H and O–H groups in total. The van der Waals surface area contributed by atoms with Gasteiger partial charge in [-0.1, -0.05) is 18.2 Å². The molecular weight excluding hydrogens is 208 g/mol. The minimum absolute atomic E-state index is 0.206. The standard InChI is InChI=1S/C12H14O4/c1-9(2)16-11(13)8-15-12(14)10-6-4-3-5-7-10/h3-7,9H,8H2,1-2H3. The Labute approximate surface area is 94.2 Å². The monoisotopic (exact) mass is 222 g/mol. The predicted molar refractivity (Wildman–Crippen MR) is 58.0 cm³/mol. The first kappa shape index (κ1) is 12.2. The highest BCUT2D eigenvalue weighted by Gasteiger charge is 2.11. The summed E-state index contributed by atoms with van der Waals surface area (Å²) in [6, 6.07) is 8.49. The molecule has 0 bridgehead atoms. The Balaban J connectivity index is 2.39. The molecule has 4 heteroatoms. The van der Waals surface area contributed by atoms with E-state index in [9.17, 15) is 9.59 Å². The van der Waals surface area contributed by atoms with Gasteiger partial charge >= 0.3 is 11.9 Å². The molecule has 4 nitrogen and oxygen atoms in total. The number of ether oxygens (including phenoxy) is 2. The van der Waals surface area contributed by atoms with Gasteiger partial charge in [-0.15, -0.1) is 0 Å². The summed E-state index contributed by atoms with van der Waals surface area (Å²) in [7, 11) is 0. The molecule has 1 rings (SSSR count). The molecule has 0 unspecified atom stereocenters. The Kier molecular flexibility index (Phi) is 4.51. The van der Waals surface area contributed by atoms with Gasteiger partial charge in [0.15, 0.2) is 6.61 Å². The normalized spacial score (nSPS) is 9.94. The van der Waals surface area contributed by atoms with Gasteiger partial charge in [0, 0.05) is 0 Å². The first-order valence-corrected chi connectivity index (χ1v) is 5.01. The molecule has 0 aromatic heterocycles. The zero-order valence-electron chi connectivity index (χ0n) is 9.30. The van der Waals surface area contributed by atoms with Crippen LogP contribution in [0, 0.1) is 0 Å². The van der Waals surface area contributed by atoms with Crippen LogP contribution in [0.15, 0.2) is 30.3 Å². The van der Waals surface area contributed by atoms with Crippen molar-refractivity contribution in [2.45, 2.75) is 20.0 Å². The molecule has 0 amide bonds. The second-order valence-corrected chi connectivity index (χ2v) is 3.48. The van der Waals surface area contributed by atoms with Gasteiger partial charge in [0.25, 0.3) is 0 Å². The maximum absolute atomic E-state index is 11.4. The average Bonchev–Trinajstić information content (AvgIpc) is 2.26. The van der Waals surface area contributed by atoms with Gasteiger partial charge in [0.2, 0.25) is 0 Å². The molecule has 0 heterocycles. The van der Waals surface area contributed by atoms with Crippen LogP contribution in [0.3, 0.4) is 0 Å². The highest BCUT2D eigenvalue weighted by atomic mass is 16.6. The molecule has 0 saturated carbocycles. The maximum Gasteiger partial charge on any atom is 0.344 e. The van der Waals surface area contributed by atoms with Crippen LogP contribution >= 0.6 is 0 Å². The molecule has 0 aliphatic rings. The lowest BCUT2D eigenvalue weighted by Crippen LogP contribution is -2.19. The minimum atomic E-state index is -0.542. The van der Waals surface area contributed by atoms with Gasteiger partial charge in [-0.2, -0.15) is 0 Å². The summed E-state index contributed by atoms with van der Waals surface area (Å²) in [5, 5.41) is 0. The maximum atomic E-state index is 11.4. The van der Waals surface area contributed by atoms with E-state index < -0.39 is 11.9 Å². The van der Waals surface area contributed by atoms with E-state index in [4.69, 9.17) is 9.47 Å². The van der Waals surface area contributed by atoms with E-state index in [1.807, 2.05) is 0 Å². The van der Waals surface area contributed by atoms with Crippen molar-refractivity contribution in [1.29, 1.82) is 0 Å². The quantitative estimate of drug-likeness (QED) is 0.729. The molecule has 1 aromatic carbocycles. The van der Waals surface area contributed by atoms with Crippen molar-refractivity contribution in [3.05, 3.63) is 35.9 Å². The van der Waals surface area contributed by atoms with Crippen LogP contribution in [0.5, 0.6) is 0 Å². The molecule has 0 radical (unpaired) electrons. The molecule has 0 aliphatic carbocycles. The fourth-order valence-electron chi connectivity index (χ4n) is 1.08. The van der Waals surface area contributed by atoms with Crippen molar-refractivity contribution in [2.75, 3.05) is 6.61 Å². The summed E-state index contributed by atoms with van der Waals surface area (Å²) in [5.74, 6) is -1.07. The number of hydrogen-bond donors (Lipinski definition) is 0. The summed E-state index contributed by atoms with van der Waals surface area (Å²) in [5.41, 5.74) is 0.417. The van der Waals surface area contributed by atoms with Crippen LogP contribution in [0.4, 0.5) is 0 Å². The zero-order valence-corrected chi connectivity index (χ0v) is 9.30. The van der Waals surface area contributed by atoms with Crippen molar-refractivity contribution in [3.8, 4) is 0 Å². The number of carbonyl (C=O) groups excluding carboxylic acids is 2. The van der Waals surface area contributed by atoms with Gasteiger partial charge in [0.1, 0.15) is 0 Å². The molecule has 1 aromatic rings. The van der Waals surface area contributed by atoms with E-state index in [1.54, 1.807) is 44.2 Å². The van der Waals surface area contributed by atoms with E-state index in [-0.39, 0.29) is 12.7 Å². The van der Waals surface area contributed by atoms with E-state index >= 15 is 0 Å². The van der Waals surface area contributed by atoms with Gasteiger partial charge in [-0.25, -0.2) is 9.59 Å². The highest BCUT2D eigenvalue weighted by Crippen LogP contribution is 2.01. The Bertz CT molecular complexity index is 357. The second-order valence-electron chi connectivity index (χ2n) is 3.48. The number of esters is 2. The van der Waals surface area contributed by atoms with Gasteiger partial charge in [0.05, 0.1) is 11.7 Å². The van der Waals surface area contributed by atoms with Crippen LogP contribution in [0.2, 0.25) is 0 Å². The Morgan fingerprint density at radius 2 is 1.81 bits per heavy atom. The molecular formula is C12H14O4. The van der Waals surface area contributed by atoms with Gasteiger partial charge < -0.3 is 9.47 Å². The van der Waals surface area contributed by atoms with Crippen molar-refractivity contribution in [2.24, 2.45) is 0 Å². The smallest absolute Gasteiger partial charge is 0.344 e. The van der Waals surface area contributed by atoms with Crippen LogP contribution < -0.4 is 0 Å². The molecule has 86 valence electrons. The lowest BCUT2D eigenvalue weighted by atomic mass is 10.2. The summed E-state index contributed by atoms with van der Waals surface area (Å²) >= 11 is 0. The molecule has 0 fully saturated rings. The first-order chi connectivity index (χ1) is 7.59. The van der Waals surface area contributed by atoms with Crippen molar-refractivity contribution >= 4 is 11.9 Å². The van der Waals surface area contributed by atoms with E-state index in [0.29, 0.717) is 5.56 Å². The summed E-state index contributed by atoms with van der Waals surface area (Å²) in [4.78, 5) is 22.5. The Morgan fingerprint density at radius 1 is 1.19 bits per heavy atom. The van der Waals surface area contributed by atoms with E-state index in [2.05, 4.69) is 0 Å². The van der Waals surface area contributed by atoms with Crippen LogP contribution in [-0.2, 0) is 14.3 Å². The summed E-state index contributed by atoms with van der Waals surface area (Å²) < 4.78 is 9.60. The fourth-order valence-corrected chi connectivity index (χ4v) is 1.08. The number of benzene rings is 1. The predicted octanol–water partition coefficient (Wildman–Crippen LogP) is 1.79. The van der Waals surface area contributed by atoms with E-state index in [0.717, 1.165) is 0 Å². The summed E-state index contributed by atoms with van der Waals surface area (Å²) in [6.45, 7) is 3.11. The van der Waals surface area contributed by atoms with Gasteiger partial charge in [-0.05, 0) is 26.0 Å². The fraction of sp³-hybridized carbons (Fsp3) is 0.333. The Morgan fingerprint density at radius 3 is 2.38 bits per heavy atom. The third kappa shape index (κ3) is 4.13. The Hall–Kier alpha value is -1.84. The zero-order chi connectivity index (χ0) is 12.0. The highest BCUT2D eigenvalue weighted by molar-refractivity contribution is 5.90. The van der Waals surface area contributed by atoms with Crippen LogP contribution in [-0.4, -0.2) is 24.6 Å². The first-order valence-electron chi connectivity index (χ1n) is 5.01. The second kappa shape index (κ2) is 5.90. The van der Waals surface area contributed by atoms with Crippen molar-refractivity contribution in [3.63, 3.8) is 0 Å². The van der Waals surface area contributed by atoms with E-state index in [1.165, 1.54) is 0 Å². The topological polar surface area (TPSA) is 52.6 Å². The molecule has 0 atom stereocenters. The number of hydrogen-bond acceptors (Lipinski definition) is 4. The van der Waals surface area contributed by atoms with Crippen molar-refractivity contribution < 1.29 is 19.1 Å². The van der Waals surface area contributed by atoms with Gasteiger partial charge in [-0.3, -0.25) is 0 Å².